The van der Waals surface area contributed by atoms with Crippen LogP contribution in [-0.2, 0) is 6.42 Å². The van der Waals surface area contributed by atoms with Crippen LogP contribution < -0.4 is 5.73 Å². The van der Waals surface area contributed by atoms with E-state index in [9.17, 15) is 0 Å². The van der Waals surface area contributed by atoms with Crippen LogP contribution in [0.1, 0.15) is 28.5 Å². The average Bonchev–Trinajstić information content (AvgIpc) is 2.76. The van der Waals surface area contributed by atoms with Crippen molar-refractivity contribution in [3.8, 4) is 0 Å². The lowest BCUT2D eigenvalue weighted by Crippen LogP contribution is -2.13. The Morgan fingerprint density at radius 1 is 1.12 bits per heavy atom. The summed E-state index contributed by atoms with van der Waals surface area (Å²) in [5.41, 5.74) is 10.0. The van der Waals surface area contributed by atoms with E-state index in [1.165, 1.54) is 16.7 Å². The first kappa shape index (κ1) is 11.0. The van der Waals surface area contributed by atoms with Gasteiger partial charge in [-0.3, -0.25) is 0 Å². The second kappa shape index (κ2) is 4.54. The zero-order valence-corrected chi connectivity index (χ0v) is 9.73. The fourth-order valence-corrected chi connectivity index (χ4v) is 1.99. The third-order valence-corrected chi connectivity index (χ3v) is 2.98. The van der Waals surface area contributed by atoms with Gasteiger partial charge in [0.2, 0.25) is 0 Å². The minimum absolute atomic E-state index is 0.0604. The summed E-state index contributed by atoms with van der Waals surface area (Å²) in [6, 6.07) is 10.1. The molecule has 2 aromatic rings. The van der Waals surface area contributed by atoms with Gasteiger partial charge in [-0.15, -0.1) is 0 Å². The molecular formula is C14H17NO. The third kappa shape index (κ3) is 2.17. The van der Waals surface area contributed by atoms with Crippen LogP contribution in [0.25, 0.3) is 0 Å². The topological polar surface area (TPSA) is 39.2 Å². The number of benzene rings is 1. The number of rotatable bonds is 3. The summed E-state index contributed by atoms with van der Waals surface area (Å²) in [5.74, 6) is 0.850. The van der Waals surface area contributed by atoms with Gasteiger partial charge in [0.1, 0.15) is 5.76 Å². The van der Waals surface area contributed by atoms with Crippen molar-refractivity contribution in [1.82, 2.24) is 0 Å². The van der Waals surface area contributed by atoms with E-state index in [1.807, 2.05) is 12.1 Å². The van der Waals surface area contributed by atoms with Crippen LogP contribution in [0.5, 0.6) is 0 Å². The maximum Gasteiger partial charge on any atom is 0.120 e. The monoisotopic (exact) mass is 215 g/mol. The smallest absolute Gasteiger partial charge is 0.120 e. The van der Waals surface area contributed by atoms with Gasteiger partial charge in [-0.25, -0.2) is 0 Å². The van der Waals surface area contributed by atoms with Gasteiger partial charge in [0, 0.05) is 0 Å². The van der Waals surface area contributed by atoms with Crippen molar-refractivity contribution in [1.29, 1.82) is 0 Å². The molecule has 16 heavy (non-hydrogen) atoms. The Morgan fingerprint density at radius 2 is 1.81 bits per heavy atom. The van der Waals surface area contributed by atoms with E-state index in [0.29, 0.717) is 0 Å². The van der Waals surface area contributed by atoms with E-state index >= 15 is 0 Å². The molecule has 2 rings (SSSR count). The first-order valence-corrected chi connectivity index (χ1v) is 5.52. The van der Waals surface area contributed by atoms with Crippen molar-refractivity contribution in [2.24, 2.45) is 5.73 Å². The average molecular weight is 215 g/mol. The normalized spacial score (nSPS) is 12.7. The summed E-state index contributed by atoms with van der Waals surface area (Å²) < 4.78 is 5.32. The van der Waals surface area contributed by atoms with Crippen LogP contribution in [0.15, 0.2) is 41.0 Å². The summed E-state index contributed by atoms with van der Waals surface area (Å²) in [6.45, 7) is 4.24. The van der Waals surface area contributed by atoms with Gasteiger partial charge in [0.25, 0.3) is 0 Å². The molecule has 0 bridgehead atoms. The van der Waals surface area contributed by atoms with Crippen LogP contribution in [0.2, 0.25) is 0 Å². The quantitative estimate of drug-likeness (QED) is 0.854. The zero-order valence-electron chi connectivity index (χ0n) is 9.73. The summed E-state index contributed by atoms with van der Waals surface area (Å²) in [6.07, 6.45) is 2.49. The molecule has 0 aliphatic carbocycles. The summed E-state index contributed by atoms with van der Waals surface area (Å²) >= 11 is 0. The van der Waals surface area contributed by atoms with E-state index < -0.39 is 0 Å². The molecular weight excluding hydrogens is 198 g/mol. The predicted molar refractivity (Wildman–Crippen MR) is 65.3 cm³/mol. The van der Waals surface area contributed by atoms with E-state index in [1.54, 1.807) is 6.26 Å². The van der Waals surface area contributed by atoms with Crippen molar-refractivity contribution >= 4 is 0 Å². The Hall–Kier alpha value is -1.54. The minimum Gasteiger partial charge on any atom is -0.468 e. The Balaban J connectivity index is 2.21. The summed E-state index contributed by atoms with van der Waals surface area (Å²) in [4.78, 5) is 0. The van der Waals surface area contributed by atoms with Gasteiger partial charge < -0.3 is 10.2 Å². The van der Waals surface area contributed by atoms with Crippen LogP contribution >= 0.6 is 0 Å². The van der Waals surface area contributed by atoms with Crippen LogP contribution in [-0.4, -0.2) is 0 Å². The molecule has 0 saturated carbocycles. The summed E-state index contributed by atoms with van der Waals surface area (Å²) in [5, 5.41) is 0. The largest absolute Gasteiger partial charge is 0.468 e. The Morgan fingerprint density at radius 3 is 2.38 bits per heavy atom. The number of furan rings is 1. The van der Waals surface area contributed by atoms with Gasteiger partial charge in [0.05, 0.1) is 12.3 Å². The van der Waals surface area contributed by atoms with Crippen LogP contribution in [0, 0.1) is 13.8 Å². The lowest BCUT2D eigenvalue weighted by Gasteiger charge is -2.13. The van der Waals surface area contributed by atoms with Crippen LogP contribution in [0.4, 0.5) is 0 Å². The van der Waals surface area contributed by atoms with Crippen molar-refractivity contribution in [3.05, 3.63) is 59.0 Å². The van der Waals surface area contributed by atoms with Crippen molar-refractivity contribution < 1.29 is 4.42 Å². The number of nitrogens with two attached hydrogens (primary N) is 1. The molecule has 84 valence electrons. The molecule has 1 aromatic carbocycles. The molecule has 1 heterocycles. The van der Waals surface area contributed by atoms with Gasteiger partial charge in [0.15, 0.2) is 0 Å². The summed E-state index contributed by atoms with van der Waals surface area (Å²) in [7, 11) is 0. The number of hydrogen-bond donors (Lipinski definition) is 1. The highest BCUT2D eigenvalue weighted by molar-refractivity contribution is 5.34. The minimum atomic E-state index is -0.0604. The van der Waals surface area contributed by atoms with Gasteiger partial charge in [-0.1, -0.05) is 18.2 Å². The molecule has 1 atom stereocenters. The Kier molecular flexibility index (Phi) is 3.11. The lowest BCUT2D eigenvalue weighted by molar-refractivity contribution is 0.464. The molecule has 1 unspecified atom stereocenters. The highest BCUT2D eigenvalue weighted by atomic mass is 16.3. The molecule has 2 N–H and O–H groups in total. The lowest BCUT2D eigenvalue weighted by atomic mass is 9.96. The van der Waals surface area contributed by atoms with Gasteiger partial charge in [-0.2, -0.15) is 0 Å². The van der Waals surface area contributed by atoms with Gasteiger partial charge in [-0.05, 0) is 49.1 Å². The molecule has 0 amide bonds. The predicted octanol–water partition coefficient (Wildman–Crippen LogP) is 3.14. The highest BCUT2D eigenvalue weighted by Gasteiger charge is 2.12. The van der Waals surface area contributed by atoms with Crippen molar-refractivity contribution in [2.45, 2.75) is 26.3 Å². The second-order valence-electron chi connectivity index (χ2n) is 4.20. The maximum absolute atomic E-state index is 6.12. The van der Waals surface area contributed by atoms with Crippen molar-refractivity contribution in [3.63, 3.8) is 0 Å². The first-order valence-electron chi connectivity index (χ1n) is 5.52. The fourth-order valence-electron chi connectivity index (χ4n) is 1.99. The molecule has 0 saturated heterocycles. The molecule has 0 aliphatic rings. The van der Waals surface area contributed by atoms with E-state index in [-0.39, 0.29) is 6.04 Å². The maximum atomic E-state index is 6.12. The molecule has 0 fully saturated rings. The second-order valence-corrected chi connectivity index (χ2v) is 4.20. The first-order chi connectivity index (χ1) is 7.68. The molecule has 0 radical (unpaired) electrons. The van der Waals surface area contributed by atoms with Crippen molar-refractivity contribution in [2.75, 3.05) is 0 Å². The van der Waals surface area contributed by atoms with Gasteiger partial charge >= 0.3 is 0 Å². The number of aryl methyl sites for hydroxylation is 2. The van der Waals surface area contributed by atoms with Crippen LogP contribution in [0.3, 0.4) is 0 Å². The number of hydrogen-bond acceptors (Lipinski definition) is 2. The van der Waals surface area contributed by atoms with E-state index in [2.05, 4.69) is 32.0 Å². The molecule has 1 aromatic heterocycles. The SMILES string of the molecule is Cc1cccc(C)c1CC(N)c1ccco1. The molecule has 2 heteroatoms. The van der Waals surface area contributed by atoms with E-state index in [0.717, 1.165) is 12.2 Å². The fraction of sp³-hybridized carbons (Fsp3) is 0.286. The molecule has 2 nitrogen and oxygen atoms in total. The standard InChI is InChI=1S/C14H17NO/c1-10-5-3-6-11(2)12(10)9-13(15)14-7-4-8-16-14/h3-8,13H,9,15H2,1-2H3. The molecule has 0 spiro atoms. The Labute approximate surface area is 96.1 Å². The highest BCUT2D eigenvalue weighted by Crippen LogP contribution is 2.21. The zero-order chi connectivity index (χ0) is 11.5. The Bertz CT molecular complexity index is 439. The molecule has 0 aliphatic heterocycles. The van der Waals surface area contributed by atoms with E-state index in [4.69, 9.17) is 10.2 Å². The third-order valence-electron chi connectivity index (χ3n) is 2.98.